The van der Waals surface area contributed by atoms with Crippen molar-refractivity contribution in [2.45, 2.75) is 19.4 Å². The van der Waals surface area contributed by atoms with Crippen LogP contribution in [0, 0.1) is 5.92 Å². The van der Waals surface area contributed by atoms with E-state index in [1.807, 2.05) is 48.5 Å². The van der Waals surface area contributed by atoms with Crippen molar-refractivity contribution in [1.29, 1.82) is 0 Å². The van der Waals surface area contributed by atoms with E-state index in [2.05, 4.69) is 10.6 Å². The molecular weight excluding hydrogens is 316 g/mol. The number of ether oxygens (including phenoxy) is 2. The van der Waals surface area contributed by atoms with Gasteiger partial charge in [0, 0.05) is 13.1 Å². The molecule has 2 N–H and O–H groups in total. The highest BCUT2D eigenvalue weighted by Crippen LogP contribution is 2.30. The fraction of sp³-hybridized carbons (Fsp3) is 0.350. The molecule has 1 saturated heterocycles. The minimum atomic E-state index is 0.0851. The highest BCUT2D eigenvalue weighted by atomic mass is 16.5. The van der Waals surface area contributed by atoms with Crippen LogP contribution in [0.3, 0.4) is 0 Å². The third-order valence-corrected chi connectivity index (χ3v) is 4.35. The number of rotatable bonds is 6. The molecule has 1 amide bonds. The quantitative estimate of drug-likeness (QED) is 0.848. The average molecular weight is 340 g/mol. The summed E-state index contributed by atoms with van der Waals surface area (Å²) in [4.78, 5) is 12.2. The second kappa shape index (κ2) is 8.53. The molecule has 2 aromatic carbocycles. The molecule has 1 fully saturated rings. The lowest BCUT2D eigenvalue weighted by molar-refractivity contribution is -0.125. The van der Waals surface area contributed by atoms with Gasteiger partial charge >= 0.3 is 0 Å². The van der Waals surface area contributed by atoms with Crippen LogP contribution < -0.4 is 20.1 Å². The number of methoxy groups -OCH3 is 1. The molecule has 0 aromatic heterocycles. The van der Waals surface area contributed by atoms with Crippen LogP contribution in [0.1, 0.15) is 18.4 Å². The van der Waals surface area contributed by atoms with E-state index in [-0.39, 0.29) is 11.8 Å². The molecule has 0 aliphatic carbocycles. The van der Waals surface area contributed by atoms with Crippen LogP contribution in [0.5, 0.6) is 17.2 Å². The van der Waals surface area contributed by atoms with Gasteiger partial charge in [-0.25, -0.2) is 0 Å². The monoisotopic (exact) mass is 340 g/mol. The second-order valence-corrected chi connectivity index (χ2v) is 6.16. The summed E-state index contributed by atoms with van der Waals surface area (Å²) in [5.74, 6) is 2.32. The first-order valence-corrected chi connectivity index (χ1v) is 8.64. The Labute approximate surface area is 148 Å². The van der Waals surface area contributed by atoms with Crippen LogP contribution in [0.15, 0.2) is 48.5 Å². The van der Waals surface area contributed by atoms with Crippen LogP contribution in [0.2, 0.25) is 0 Å². The van der Waals surface area contributed by atoms with Gasteiger partial charge in [0.05, 0.1) is 13.0 Å². The first-order valence-electron chi connectivity index (χ1n) is 8.64. The Morgan fingerprint density at radius 2 is 1.92 bits per heavy atom. The van der Waals surface area contributed by atoms with Gasteiger partial charge in [-0.3, -0.25) is 4.79 Å². The Balaban J connectivity index is 1.54. The van der Waals surface area contributed by atoms with Gasteiger partial charge in [-0.05, 0) is 49.2 Å². The van der Waals surface area contributed by atoms with Crippen LogP contribution in [-0.2, 0) is 11.3 Å². The van der Waals surface area contributed by atoms with Gasteiger partial charge in [-0.15, -0.1) is 0 Å². The fourth-order valence-electron chi connectivity index (χ4n) is 2.91. The molecule has 0 spiro atoms. The number of piperidine rings is 1. The molecule has 5 nitrogen and oxygen atoms in total. The smallest absolute Gasteiger partial charge is 0.224 e. The molecule has 1 aliphatic heterocycles. The van der Waals surface area contributed by atoms with Gasteiger partial charge in [0.2, 0.25) is 5.91 Å². The van der Waals surface area contributed by atoms with E-state index in [0.29, 0.717) is 18.0 Å². The van der Waals surface area contributed by atoms with Crippen molar-refractivity contribution < 1.29 is 14.3 Å². The number of para-hydroxylation sites is 2. The van der Waals surface area contributed by atoms with Crippen LogP contribution >= 0.6 is 0 Å². The van der Waals surface area contributed by atoms with Crippen molar-refractivity contribution in [1.82, 2.24) is 10.6 Å². The fourth-order valence-corrected chi connectivity index (χ4v) is 2.91. The summed E-state index contributed by atoms with van der Waals surface area (Å²) >= 11 is 0. The van der Waals surface area contributed by atoms with Crippen molar-refractivity contribution >= 4 is 5.91 Å². The Kier molecular flexibility index (Phi) is 5.90. The number of hydrogen-bond donors (Lipinski definition) is 2. The molecular formula is C20H24N2O3. The molecule has 3 rings (SSSR count). The SMILES string of the molecule is COc1ccccc1Oc1ccc(CNC(=O)C2CCCNC2)cc1. The average Bonchev–Trinajstić information content (AvgIpc) is 2.68. The minimum Gasteiger partial charge on any atom is -0.493 e. The minimum absolute atomic E-state index is 0.0851. The van der Waals surface area contributed by atoms with E-state index in [1.54, 1.807) is 7.11 Å². The number of nitrogens with one attached hydrogen (secondary N) is 2. The van der Waals surface area contributed by atoms with Gasteiger partial charge < -0.3 is 20.1 Å². The van der Waals surface area contributed by atoms with E-state index in [4.69, 9.17) is 9.47 Å². The van der Waals surface area contributed by atoms with Gasteiger partial charge in [-0.1, -0.05) is 24.3 Å². The Morgan fingerprint density at radius 3 is 2.60 bits per heavy atom. The molecule has 1 heterocycles. The predicted molar refractivity (Wildman–Crippen MR) is 97.0 cm³/mol. The standard InChI is InChI=1S/C20H24N2O3/c1-24-18-6-2-3-7-19(18)25-17-10-8-15(9-11-17)13-22-20(23)16-5-4-12-21-14-16/h2-3,6-11,16,21H,4-5,12-14H2,1H3,(H,22,23). The zero-order valence-electron chi connectivity index (χ0n) is 14.5. The molecule has 0 bridgehead atoms. The normalized spacial score (nSPS) is 16.9. The summed E-state index contributed by atoms with van der Waals surface area (Å²) in [6, 6.07) is 15.3. The van der Waals surface area contributed by atoms with Gasteiger partial charge in [-0.2, -0.15) is 0 Å². The third-order valence-electron chi connectivity index (χ3n) is 4.35. The van der Waals surface area contributed by atoms with Crippen molar-refractivity contribution in [3.8, 4) is 17.2 Å². The number of amides is 1. The van der Waals surface area contributed by atoms with Crippen LogP contribution in [0.25, 0.3) is 0 Å². The van der Waals surface area contributed by atoms with E-state index in [9.17, 15) is 4.79 Å². The number of carbonyl (C=O) groups excluding carboxylic acids is 1. The molecule has 2 aromatic rings. The van der Waals surface area contributed by atoms with Crippen LogP contribution in [0.4, 0.5) is 0 Å². The predicted octanol–water partition coefficient (Wildman–Crippen LogP) is 3.10. The summed E-state index contributed by atoms with van der Waals surface area (Å²) in [6.45, 7) is 2.32. The first kappa shape index (κ1) is 17.3. The first-order chi connectivity index (χ1) is 12.3. The topological polar surface area (TPSA) is 59.6 Å². The van der Waals surface area contributed by atoms with Crippen molar-refractivity contribution in [3.63, 3.8) is 0 Å². The molecule has 1 unspecified atom stereocenters. The Hall–Kier alpha value is -2.53. The molecule has 25 heavy (non-hydrogen) atoms. The molecule has 1 atom stereocenters. The lowest BCUT2D eigenvalue weighted by Gasteiger charge is -2.21. The number of carbonyl (C=O) groups is 1. The summed E-state index contributed by atoms with van der Waals surface area (Å²) < 4.78 is 11.1. The Bertz CT molecular complexity index is 694. The lowest BCUT2D eigenvalue weighted by Crippen LogP contribution is -2.40. The van der Waals surface area contributed by atoms with E-state index in [0.717, 1.165) is 37.2 Å². The van der Waals surface area contributed by atoms with Crippen molar-refractivity contribution in [2.75, 3.05) is 20.2 Å². The Morgan fingerprint density at radius 1 is 1.16 bits per heavy atom. The van der Waals surface area contributed by atoms with E-state index >= 15 is 0 Å². The summed E-state index contributed by atoms with van der Waals surface area (Å²) in [6.07, 6.45) is 2.03. The summed E-state index contributed by atoms with van der Waals surface area (Å²) in [5.41, 5.74) is 1.05. The maximum Gasteiger partial charge on any atom is 0.224 e. The molecule has 0 saturated carbocycles. The lowest BCUT2D eigenvalue weighted by atomic mass is 9.99. The zero-order valence-corrected chi connectivity index (χ0v) is 14.5. The molecule has 0 radical (unpaired) electrons. The largest absolute Gasteiger partial charge is 0.493 e. The number of hydrogen-bond acceptors (Lipinski definition) is 4. The van der Waals surface area contributed by atoms with Crippen molar-refractivity contribution in [2.24, 2.45) is 5.92 Å². The maximum absolute atomic E-state index is 12.2. The van der Waals surface area contributed by atoms with Gasteiger partial charge in [0.1, 0.15) is 5.75 Å². The third kappa shape index (κ3) is 4.73. The number of benzene rings is 2. The van der Waals surface area contributed by atoms with Crippen LogP contribution in [-0.4, -0.2) is 26.1 Å². The summed E-state index contributed by atoms with van der Waals surface area (Å²) in [7, 11) is 1.62. The maximum atomic E-state index is 12.2. The van der Waals surface area contributed by atoms with Gasteiger partial charge in [0.15, 0.2) is 11.5 Å². The van der Waals surface area contributed by atoms with Crippen molar-refractivity contribution in [3.05, 3.63) is 54.1 Å². The summed E-state index contributed by atoms with van der Waals surface area (Å²) in [5, 5.41) is 6.28. The highest BCUT2D eigenvalue weighted by Gasteiger charge is 2.20. The second-order valence-electron chi connectivity index (χ2n) is 6.16. The molecule has 132 valence electrons. The van der Waals surface area contributed by atoms with Gasteiger partial charge in [0.25, 0.3) is 0 Å². The molecule has 5 heteroatoms. The zero-order chi connectivity index (χ0) is 17.5. The highest BCUT2D eigenvalue weighted by molar-refractivity contribution is 5.78. The molecule has 1 aliphatic rings. The van der Waals surface area contributed by atoms with E-state index in [1.165, 1.54) is 0 Å². The van der Waals surface area contributed by atoms with E-state index < -0.39 is 0 Å².